The van der Waals surface area contributed by atoms with Crippen molar-refractivity contribution >= 4 is 33.0 Å². The zero-order chi connectivity index (χ0) is 13.2. The Morgan fingerprint density at radius 1 is 1.67 bits per heavy atom. The van der Waals surface area contributed by atoms with E-state index in [2.05, 4.69) is 15.8 Å². The predicted octanol–water partition coefficient (Wildman–Crippen LogP) is 0.704. The van der Waals surface area contributed by atoms with Gasteiger partial charge in [-0.3, -0.25) is 0 Å². The fourth-order valence-corrected chi connectivity index (χ4v) is 3.91. The smallest absolute Gasteiger partial charge is 0.175 e. The molecule has 2 heterocycles. The largest absolute Gasteiger partial charge is 0.362 e. The standard InChI is InChI=1S/C10H15N3O3S2/c1-7-4-9(13-16-7)12-10(17)11-5-8-2-3-18(14,15)6-8/h4,8H,2-3,5-6H2,1H3,(H2,11,12,13,17)/t8-/m1/s1. The van der Waals surface area contributed by atoms with Crippen LogP contribution in [0.25, 0.3) is 0 Å². The molecule has 0 amide bonds. The Morgan fingerprint density at radius 3 is 3.00 bits per heavy atom. The number of hydrogen-bond acceptors (Lipinski definition) is 5. The Bertz CT molecular complexity index is 538. The number of aromatic nitrogens is 1. The van der Waals surface area contributed by atoms with E-state index >= 15 is 0 Å². The van der Waals surface area contributed by atoms with Crippen LogP contribution in [-0.4, -0.2) is 36.7 Å². The fourth-order valence-electron chi connectivity index (χ4n) is 1.86. The van der Waals surface area contributed by atoms with Gasteiger partial charge in [0.25, 0.3) is 0 Å². The maximum absolute atomic E-state index is 11.3. The summed E-state index contributed by atoms with van der Waals surface area (Å²) in [5.74, 6) is 1.90. The second-order valence-corrected chi connectivity index (χ2v) is 7.06. The number of nitrogens with one attached hydrogen (secondary N) is 2. The monoisotopic (exact) mass is 289 g/mol. The van der Waals surface area contributed by atoms with Crippen molar-refractivity contribution < 1.29 is 12.9 Å². The van der Waals surface area contributed by atoms with Gasteiger partial charge in [-0.15, -0.1) is 0 Å². The first kappa shape index (κ1) is 13.3. The van der Waals surface area contributed by atoms with Crippen LogP contribution >= 0.6 is 12.2 Å². The third-order valence-corrected chi connectivity index (χ3v) is 4.83. The summed E-state index contributed by atoms with van der Waals surface area (Å²) in [5, 5.41) is 10.0. The lowest BCUT2D eigenvalue weighted by Crippen LogP contribution is -2.33. The molecule has 1 aromatic rings. The highest BCUT2D eigenvalue weighted by molar-refractivity contribution is 7.91. The highest BCUT2D eigenvalue weighted by Crippen LogP contribution is 2.17. The third-order valence-electron chi connectivity index (χ3n) is 2.75. The molecule has 18 heavy (non-hydrogen) atoms. The highest BCUT2D eigenvalue weighted by atomic mass is 32.2. The summed E-state index contributed by atoms with van der Waals surface area (Å²) < 4.78 is 27.5. The van der Waals surface area contributed by atoms with Gasteiger partial charge in [0.15, 0.2) is 20.8 Å². The summed E-state index contributed by atoms with van der Waals surface area (Å²) in [4.78, 5) is 0. The van der Waals surface area contributed by atoms with Gasteiger partial charge in [0, 0.05) is 12.6 Å². The number of nitrogens with zero attached hydrogens (tertiary/aromatic N) is 1. The molecule has 1 atom stereocenters. The lowest BCUT2D eigenvalue weighted by molar-refractivity contribution is 0.400. The summed E-state index contributed by atoms with van der Waals surface area (Å²) in [6, 6.07) is 1.73. The summed E-state index contributed by atoms with van der Waals surface area (Å²) in [5.41, 5.74) is 0. The van der Waals surface area contributed by atoms with Crippen molar-refractivity contribution in [3.05, 3.63) is 11.8 Å². The molecule has 0 spiro atoms. The number of anilines is 1. The van der Waals surface area contributed by atoms with Crippen LogP contribution < -0.4 is 10.6 Å². The number of hydrogen-bond donors (Lipinski definition) is 2. The summed E-state index contributed by atoms with van der Waals surface area (Å²) in [7, 11) is -2.83. The van der Waals surface area contributed by atoms with E-state index in [0.29, 0.717) is 29.7 Å². The van der Waals surface area contributed by atoms with Gasteiger partial charge in [0.2, 0.25) is 0 Å². The van der Waals surface area contributed by atoms with E-state index in [9.17, 15) is 8.42 Å². The van der Waals surface area contributed by atoms with E-state index in [4.69, 9.17) is 16.7 Å². The maximum atomic E-state index is 11.3. The van der Waals surface area contributed by atoms with E-state index in [1.165, 1.54) is 0 Å². The average Bonchev–Trinajstić information content (AvgIpc) is 2.82. The van der Waals surface area contributed by atoms with Gasteiger partial charge >= 0.3 is 0 Å². The minimum absolute atomic E-state index is 0.133. The molecule has 0 radical (unpaired) electrons. The van der Waals surface area contributed by atoms with E-state index in [0.717, 1.165) is 0 Å². The first-order chi connectivity index (χ1) is 8.44. The van der Waals surface area contributed by atoms with E-state index in [1.54, 1.807) is 13.0 Å². The van der Waals surface area contributed by atoms with Crippen molar-refractivity contribution in [1.82, 2.24) is 10.5 Å². The van der Waals surface area contributed by atoms with Crippen LogP contribution in [0.4, 0.5) is 5.82 Å². The Balaban J connectivity index is 1.76. The van der Waals surface area contributed by atoms with Crippen molar-refractivity contribution in [2.45, 2.75) is 13.3 Å². The maximum Gasteiger partial charge on any atom is 0.175 e. The van der Waals surface area contributed by atoms with Crippen LogP contribution in [0, 0.1) is 12.8 Å². The van der Waals surface area contributed by atoms with Crippen LogP contribution in [0.5, 0.6) is 0 Å². The Labute approximate surface area is 111 Å². The first-order valence-corrected chi connectivity index (χ1v) is 7.86. The van der Waals surface area contributed by atoms with Crippen LogP contribution in [0.15, 0.2) is 10.6 Å². The molecule has 100 valence electrons. The summed E-state index contributed by atoms with van der Waals surface area (Å²) in [6.07, 6.45) is 0.695. The van der Waals surface area contributed by atoms with Gasteiger partial charge in [0.05, 0.1) is 11.5 Å². The van der Waals surface area contributed by atoms with Crippen molar-refractivity contribution in [2.75, 3.05) is 23.4 Å². The Morgan fingerprint density at radius 2 is 2.44 bits per heavy atom. The molecular weight excluding hydrogens is 274 g/mol. The molecule has 2 rings (SSSR count). The molecule has 2 N–H and O–H groups in total. The number of aryl methyl sites for hydroxylation is 1. The second-order valence-electron chi connectivity index (χ2n) is 4.43. The third kappa shape index (κ3) is 3.67. The van der Waals surface area contributed by atoms with Gasteiger partial charge in [0.1, 0.15) is 5.76 Å². The van der Waals surface area contributed by atoms with Crippen LogP contribution in [-0.2, 0) is 9.84 Å². The Hall–Kier alpha value is -1.15. The molecule has 0 bridgehead atoms. The highest BCUT2D eigenvalue weighted by Gasteiger charge is 2.27. The molecule has 8 heteroatoms. The van der Waals surface area contributed by atoms with Crippen LogP contribution in [0.2, 0.25) is 0 Å². The van der Waals surface area contributed by atoms with Crippen molar-refractivity contribution in [3.63, 3.8) is 0 Å². The molecule has 1 aromatic heterocycles. The molecule has 1 aliphatic heterocycles. The van der Waals surface area contributed by atoms with Gasteiger partial charge in [-0.1, -0.05) is 5.16 Å². The van der Waals surface area contributed by atoms with E-state index < -0.39 is 9.84 Å². The molecule has 0 saturated carbocycles. The lowest BCUT2D eigenvalue weighted by atomic mass is 10.1. The zero-order valence-corrected chi connectivity index (χ0v) is 11.6. The molecule has 0 aromatic carbocycles. The molecular formula is C10H15N3O3S2. The number of rotatable bonds is 3. The summed E-state index contributed by atoms with van der Waals surface area (Å²) >= 11 is 5.08. The van der Waals surface area contributed by atoms with Gasteiger partial charge < -0.3 is 15.2 Å². The van der Waals surface area contributed by atoms with Crippen LogP contribution in [0.1, 0.15) is 12.2 Å². The summed E-state index contributed by atoms with van der Waals surface area (Å²) in [6.45, 7) is 2.35. The van der Waals surface area contributed by atoms with Gasteiger partial charge in [-0.2, -0.15) is 0 Å². The van der Waals surface area contributed by atoms with Gasteiger partial charge in [-0.05, 0) is 31.5 Å². The topological polar surface area (TPSA) is 84.2 Å². The molecule has 1 fully saturated rings. The van der Waals surface area contributed by atoms with Crippen molar-refractivity contribution in [1.29, 1.82) is 0 Å². The predicted molar refractivity (Wildman–Crippen MR) is 72.2 cm³/mol. The molecule has 0 aliphatic carbocycles. The van der Waals surface area contributed by atoms with Crippen molar-refractivity contribution in [3.8, 4) is 0 Å². The van der Waals surface area contributed by atoms with E-state index in [1.807, 2.05) is 0 Å². The second kappa shape index (κ2) is 5.23. The molecule has 6 nitrogen and oxygen atoms in total. The number of thiocarbonyl (C=S) groups is 1. The normalized spacial score (nSPS) is 21.7. The first-order valence-electron chi connectivity index (χ1n) is 5.63. The minimum atomic E-state index is -2.83. The molecule has 1 aliphatic rings. The average molecular weight is 289 g/mol. The minimum Gasteiger partial charge on any atom is -0.362 e. The zero-order valence-electron chi connectivity index (χ0n) is 9.97. The molecule has 1 saturated heterocycles. The Kier molecular flexibility index (Phi) is 3.86. The number of sulfone groups is 1. The van der Waals surface area contributed by atoms with Gasteiger partial charge in [-0.25, -0.2) is 8.42 Å². The SMILES string of the molecule is Cc1cc(NC(=S)NC[C@H]2CCS(=O)(=O)C2)no1. The van der Waals surface area contributed by atoms with E-state index in [-0.39, 0.29) is 17.4 Å². The van der Waals surface area contributed by atoms with Crippen molar-refractivity contribution in [2.24, 2.45) is 5.92 Å². The fraction of sp³-hybridized carbons (Fsp3) is 0.600. The van der Waals surface area contributed by atoms with Crippen LogP contribution in [0.3, 0.4) is 0 Å². The molecule has 0 unspecified atom stereocenters. The quantitative estimate of drug-likeness (QED) is 0.792. The lowest BCUT2D eigenvalue weighted by Gasteiger charge is -2.11.